The molecule has 0 unspecified atom stereocenters. The van der Waals surface area contributed by atoms with Crippen molar-refractivity contribution in [2.24, 2.45) is 22.6 Å². The number of nitrogens with zero attached hydrogens (tertiary/aromatic N) is 7. The monoisotopic (exact) mass is 933 g/mol. The number of thiol groups is 1. The molecule has 3 N–H and O–H groups in total. The van der Waals surface area contributed by atoms with Crippen molar-refractivity contribution in [3.8, 4) is 0 Å². The van der Waals surface area contributed by atoms with Crippen molar-refractivity contribution in [3.05, 3.63) is 120 Å². The zero-order chi connectivity index (χ0) is 47.5. The molecule has 350 valence electrons. The zero-order valence-electron chi connectivity index (χ0n) is 35.4. The van der Waals surface area contributed by atoms with Gasteiger partial charge in [0.1, 0.15) is 25.9 Å². The van der Waals surface area contributed by atoms with Crippen LogP contribution in [0.3, 0.4) is 0 Å². The molecule has 3 fully saturated rings. The Kier molecular flexibility index (Phi) is 16.0. The highest BCUT2D eigenvalue weighted by Crippen LogP contribution is 2.31. The maximum atomic E-state index is 13.7. The van der Waals surface area contributed by atoms with E-state index in [-0.39, 0.29) is 91.5 Å². The molecule has 2 heterocycles. The second-order valence-electron chi connectivity index (χ2n) is 16.1. The molecule has 1 aliphatic carbocycles. The molecule has 0 aromatic heterocycles. The van der Waals surface area contributed by atoms with Gasteiger partial charge in [0.15, 0.2) is 0 Å². The summed E-state index contributed by atoms with van der Waals surface area (Å²) in [5, 5.41) is 35.8. The van der Waals surface area contributed by atoms with E-state index in [4.69, 9.17) is 19.9 Å². The smallest absolute Gasteiger partial charge is 0.437 e. The SMILES string of the molecule is NC(=NC(=O)OCc1ccc([N+](=O)[O-])cc1)N(CC1CCC(C(=O)N[C@H]2CCN(C(=O)[C@@H]3C[C@H](S)CN3C(=O)OCc3ccc([N+](=O)[O-])cc3)C2)CC1)C(=O)OCc1ccc([N+](=O)[O-])cc1. The number of nitro benzene ring substituents is 3. The fraction of sp³-hybridized carbons (Fsp3) is 0.429. The Labute approximate surface area is 382 Å². The maximum absolute atomic E-state index is 13.7. The Balaban J connectivity index is 0.996. The fourth-order valence-electron chi connectivity index (χ4n) is 7.91. The van der Waals surface area contributed by atoms with E-state index in [0.717, 1.165) is 4.90 Å². The highest BCUT2D eigenvalue weighted by Gasteiger charge is 2.43. The van der Waals surface area contributed by atoms with E-state index in [9.17, 15) is 54.3 Å². The van der Waals surface area contributed by atoms with Gasteiger partial charge < -0.3 is 30.2 Å². The first-order chi connectivity index (χ1) is 31.5. The number of nitro groups is 3. The van der Waals surface area contributed by atoms with E-state index >= 15 is 0 Å². The van der Waals surface area contributed by atoms with E-state index in [0.29, 0.717) is 61.8 Å². The van der Waals surface area contributed by atoms with Crippen molar-refractivity contribution >= 4 is 65.7 Å². The van der Waals surface area contributed by atoms with Crippen LogP contribution >= 0.6 is 12.6 Å². The molecule has 66 heavy (non-hydrogen) atoms. The number of rotatable bonds is 14. The molecular formula is C42H47N9O14S. The third-order valence-corrected chi connectivity index (χ3v) is 11.9. The molecule has 23 nitrogen and oxygen atoms in total. The molecule has 1 saturated carbocycles. The Hall–Kier alpha value is -7.37. The van der Waals surface area contributed by atoms with Crippen molar-refractivity contribution in [1.29, 1.82) is 0 Å². The molecular weight excluding hydrogens is 887 g/mol. The first-order valence-corrected chi connectivity index (χ1v) is 21.4. The topological polar surface area (TPSA) is 303 Å². The number of aliphatic imine (C=N–C) groups is 1. The molecule has 6 rings (SSSR count). The van der Waals surface area contributed by atoms with Crippen molar-refractivity contribution in [2.45, 2.75) is 75.7 Å². The summed E-state index contributed by atoms with van der Waals surface area (Å²) in [6, 6.07) is 15.1. The molecule has 0 radical (unpaired) electrons. The van der Waals surface area contributed by atoms with Crippen LogP contribution < -0.4 is 11.1 Å². The summed E-state index contributed by atoms with van der Waals surface area (Å²) in [6.07, 6.45) is -0.116. The third kappa shape index (κ3) is 12.9. The number of nitrogens with two attached hydrogens (primary N) is 1. The lowest BCUT2D eigenvalue weighted by atomic mass is 9.81. The molecule has 3 aliphatic rings. The zero-order valence-corrected chi connectivity index (χ0v) is 36.3. The summed E-state index contributed by atoms with van der Waals surface area (Å²) in [5.74, 6) is -1.56. The fourth-order valence-corrected chi connectivity index (χ4v) is 8.28. The molecule has 2 saturated heterocycles. The van der Waals surface area contributed by atoms with Gasteiger partial charge in [-0.25, -0.2) is 19.3 Å². The van der Waals surface area contributed by atoms with Crippen LogP contribution in [0.2, 0.25) is 0 Å². The molecule has 3 atom stereocenters. The van der Waals surface area contributed by atoms with Gasteiger partial charge in [-0.1, -0.05) is 0 Å². The van der Waals surface area contributed by atoms with Crippen molar-refractivity contribution in [1.82, 2.24) is 20.0 Å². The number of carbonyl (C=O) groups excluding carboxylic acids is 5. The normalized spacial score (nSPS) is 20.5. The van der Waals surface area contributed by atoms with Crippen molar-refractivity contribution < 1.29 is 53.0 Å². The van der Waals surface area contributed by atoms with Crippen molar-refractivity contribution in [3.63, 3.8) is 0 Å². The number of nitrogens with one attached hydrogen (secondary N) is 1. The van der Waals surface area contributed by atoms with Gasteiger partial charge in [-0.05, 0) is 97.5 Å². The van der Waals surface area contributed by atoms with Gasteiger partial charge in [0.05, 0.1) is 14.8 Å². The molecule has 3 aromatic rings. The van der Waals surface area contributed by atoms with Gasteiger partial charge in [-0.3, -0.25) is 44.8 Å². The van der Waals surface area contributed by atoms with E-state index in [1.54, 1.807) is 4.90 Å². The summed E-state index contributed by atoms with van der Waals surface area (Å²) in [5.41, 5.74) is 7.20. The van der Waals surface area contributed by atoms with Crippen LogP contribution in [0, 0.1) is 42.2 Å². The minimum absolute atomic E-state index is 0.0337. The van der Waals surface area contributed by atoms with Crippen LogP contribution in [-0.2, 0) is 43.6 Å². The minimum atomic E-state index is -1.14. The van der Waals surface area contributed by atoms with Crippen molar-refractivity contribution in [2.75, 3.05) is 26.2 Å². The number of non-ortho nitro benzene ring substituents is 3. The van der Waals surface area contributed by atoms with Gasteiger partial charge in [0.25, 0.3) is 17.1 Å². The predicted octanol–water partition coefficient (Wildman–Crippen LogP) is 5.23. The third-order valence-electron chi connectivity index (χ3n) is 11.5. The maximum Gasteiger partial charge on any atom is 0.437 e. The van der Waals surface area contributed by atoms with Crippen LogP contribution in [0.5, 0.6) is 0 Å². The van der Waals surface area contributed by atoms with Crippen LogP contribution in [0.15, 0.2) is 77.8 Å². The van der Waals surface area contributed by atoms with Crippen LogP contribution in [-0.4, -0.2) is 109 Å². The van der Waals surface area contributed by atoms with E-state index in [1.165, 1.54) is 77.7 Å². The molecule has 3 aromatic carbocycles. The van der Waals surface area contributed by atoms with Gasteiger partial charge >= 0.3 is 18.3 Å². The lowest BCUT2D eigenvalue weighted by molar-refractivity contribution is -0.385. The Morgan fingerprint density at radius 2 is 1.23 bits per heavy atom. The largest absolute Gasteiger partial charge is 0.445 e. The predicted molar refractivity (Wildman–Crippen MR) is 235 cm³/mol. The number of carbonyl (C=O) groups is 5. The van der Waals surface area contributed by atoms with Crippen LogP contribution in [0.25, 0.3) is 0 Å². The number of likely N-dealkylation sites (tertiary alicyclic amines) is 2. The lowest BCUT2D eigenvalue weighted by Gasteiger charge is -2.32. The Morgan fingerprint density at radius 3 is 1.74 bits per heavy atom. The van der Waals surface area contributed by atoms with Gasteiger partial charge in [-0.2, -0.15) is 12.6 Å². The second kappa shape index (κ2) is 22.0. The number of hydrogen-bond donors (Lipinski definition) is 3. The highest BCUT2D eigenvalue weighted by atomic mass is 32.1. The van der Waals surface area contributed by atoms with Gasteiger partial charge in [0, 0.05) is 79.8 Å². The standard InChI is InChI=1S/C42H47N9O14S/c43-39(45-40(54)63-23-27-3-11-32(12-4-27)49(57)58)48(42(56)65-25-29-7-15-34(16-8-29)51(61)62)20-26-1-9-30(10-2-26)37(52)44-31-17-18-46(21-31)38(53)36-19-35(66)22-47(36)41(55)64-24-28-5-13-33(14-6-28)50(59)60/h3-8,11-16,26,30-31,35-36,66H,1-2,9-10,17-25H2,(H,44,52)(H2,43,45,54)/t26?,30?,31-,35-,36-/m0/s1. The summed E-state index contributed by atoms with van der Waals surface area (Å²) in [4.78, 5) is 105. The number of amides is 5. The first-order valence-electron chi connectivity index (χ1n) is 20.9. The average molecular weight is 934 g/mol. The van der Waals surface area contributed by atoms with Gasteiger partial charge in [0.2, 0.25) is 17.8 Å². The second-order valence-corrected chi connectivity index (χ2v) is 16.8. The van der Waals surface area contributed by atoms with Gasteiger partial charge in [-0.15, -0.1) is 4.99 Å². The lowest BCUT2D eigenvalue weighted by Crippen LogP contribution is -2.48. The number of guanidine groups is 1. The van der Waals surface area contributed by atoms with E-state index in [2.05, 4.69) is 22.9 Å². The number of ether oxygens (including phenoxy) is 3. The van der Waals surface area contributed by atoms with Crippen LogP contribution in [0.4, 0.5) is 31.4 Å². The molecule has 2 aliphatic heterocycles. The Morgan fingerprint density at radius 1 is 0.727 bits per heavy atom. The molecule has 5 amide bonds. The van der Waals surface area contributed by atoms with E-state index < -0.39 is 45.1 Å². The van der Waals surface area contributed by atoms with Crippen LogP contribution in [0.1, 0.15) is 55.2 Å². The quantitative estimate of drug-likeness (QED) is 0.0465. The highest BCUT2D eigenvalue weighted by molar-refractivity contribution is 7.81. The summed E-state index contributed by atoms with van der Waals surface area (Å²) in [7, 11) is 0. The summed E-state index contributed by atoms with van der Waals surface area (Å²) >= 11 is 4.52. The Bertz CT molecular complexity index is 2330. The average Bonchev–Trinajstić information content (AvgIpc) is 3.95. The number of benzene rings is 3. The summed E-state index contributed by atoms with van der Waals surface area (Å²) in [6.45, 7) is 0.0415. The van der Waals surface area contributed by atoms with E-state index in [1.807, 2.05) is 0 Å². The molecule has 0 spiro atoms. The first kappa shape index (κ1) is 48.1. The molecule has 24 heteroatoms. The number of hydrogen-bond acceptors (Lipinski definition) is 15. The molecule has 0 bridgehead atoms. The minimum Gasteiger partial charge on any atom is -0.445 e. The summed E-state index contributed by atoms with van der Waals surface area (Å²) < 4.78 is 16.1.